The van der Waals surface area contributed by atoms with Gasteiger partial charge in [0.1, 0.15) is 0 Å². The Morgan fingerprint density at radius 3 is 1.12 bits per heavy atom. The van der Waals surface area contributed by atoms with Crippen molar-refractivity contribution in [2.75, 3.05) is 49.2 Å². The van der Waals surface area contributed by atoms with E-state index in [0.29, 0.717) is 0 Å². The third-order valence-electron chi connectivity index (χ3n) is 1.61. The molecule has 0 saturated heterocycles. The molecular formula is C7H21NO6P2. The van der Waals surface area contributed by atoms with Crippen LogP contribution in [0, 0.1) is 0 Å². The molecule has 0 aromatic heterocycles. The molecule has 0 heterocycles. The summed E-state index contributed by atoms with van der Waals surface area (Å²) in [5.41, 5.74) is 0. The first-order valence-corrected chi connectivity index (χ1v) is 7.76. The minimum Gasteiger partial charge on any atom is -0.312 e. The SMILES string of the molecule is COP(=O)(OC)N(C)C.COP(C)(=O)OC. The van der Waals surface area contributed by atoms with Crippen LogP contribution in [0.2, 0.25) is 0 Å². The lowest BCUT2D eigenvalue weighted by atomic mass is 11.3. The Balaban J connectivity index is 0. The lowest BCUT2D eigenvalue weighted by Gasteiger charge is -2.19. The van der Waals surface area contributed by atoms with Crippen molar-refractivity contribution < 1.29 is 27.2 Å². The molecule has 0 aromatic carbocycles. The molecule has 0 spiro atoms. The summed E-state index contributed by atoms with van der Waals surface area (Å²) < 4.78 is 41.1. The molecule has 0 atom stereocenters. The Kier molecular flexibility index (Phi) is 9.74. The molecular weight excluding hydrogens is 256 g/mol. The molecule has 0 aliphatic carbocycles. The molecule has 0 bridgehead atoms. The maximum Gasteiger partial charge on any atom is 0.407 e. The summed E-state index contributed by atoms with van der Waals surface area (Å²) in [7, 11) is 3.10. The van der Waals surface area contributed by atoms with Crippen LogP contribution in [0.4, 0.5) is 0 Å². The van der Waals surface area contributed by atoms with Gasteiger partial charge < -0.3 is 9.05 Å². The molecule has 0 unspecified atom stereocenters. The van der Waals surface area contributed by atoms with Crippen molar-refractivity contribution in [2.24, 2.45) is 0 Å². The van der Waals surface area contributed by atoms with Crippen molar-refractivity contribution in [3.05, 3.63) is 0 Å². The van der Waals surface area contributed by atoms with Gasteiger partial charge in [-0.15, -0.1) is 0 Å². The van der Waals surface area contributed by atoms with E-state index in [0.717, 1.165) is 0 Å². The smallest absolute Gasteiger partial charge is 0.312 e. The molecule has 0 aliphatic heterocycles. The van der Waals surface area contributed by atoms with E-state index < -0.39 is 15.3 Å². The Hall–Kier alpha value is 0.260. The first-order chi connectivity index (χ1) is 7.19. The predicted octanol–water partition coefficient (Wildman–Crippen LogP) is 2.05. The average molecular weight is 277 g/mol. The standard InChI is InChI=1S/C4H12NO3P.C3H9O3P/c1-5(2)9(6,7-3)8-4;1-5-7(3,4)6-2/h1-4H3;1-3H3. The van der Waals surface area contributed by atoms with Crippen LogP contribution in [-0.4, -0.2) is 53.9 Å². The topological polar surface area (TPSA) is 74.3 Å². The van der Waals surface area contributed by atoms with Crippen LogP contribution in [-0.2, 0) is 27.2 Å². The first-order valence-electron chi connectivity index (χ1n) is 4.27. The molecule has 0 fully saturated rings. The van der Waals surface area contributed by atoms with Crippen LogP contribution in [0.3, 0.4) is 0 Å². The minimum absolute atomic E-state index is 1.35. The third-order valence-corrected chi connectivity index (χ3v) is 4.84. The highest BCUT2D eigenvalue weighted by molar-refractivity contribution is 7.52. The monoisotopic (exact) mass is 277 g/mol. The predicted molar refractivity (Wildman–Crippen MR) is 62.9 cm³/mol. The Morgan fingerprint density at radius 2 is 1.12 bits per heavy atom. The van der Waals surface area contributed by atoms with Gasteiger partial charge >= 0.3 is 15.3 Å². The lowest BCUT2D eigenvalue weighted by Crippen LogP contribution is -2.10. The largest absolute Gasteiger partial charge is 0.407 e. The highest BCUT2D eigenvalue weighted by Gasteiger charge is 2.23. The summed E-state index contributed by atoms with van der Waals surface area (Å²) in [5, 5.41) is 0. The van der Waals surface area contributed by atoms with Gasteiger partial charge in [-0.3, -0.25) is 13.6 Å². The molecule has 9 heteroatoms. The summed E-state index contributed by atoms with van der Waals surface area (Å²) in [5.74, 6) is 0. The Labute approximate surface area is 97.1 Å². The second-order valence-electron chi connectivity index (χ2n) is 2.82. The van der Waals surface area contributed by atoms with E-state index in [9.17, 15) is 9.13 Å². The van der Waals surface area contributed by atoms with E-state index in [1.165, 1.54) is 39.8 Å². The fourth-order valence-electron chi connectivity index (χ4n) is 0.476. The van der Waals surface area contributed by atoms with Gasteiger partial charge in [0.25, 0.3) is 0 Å². The van der Waals surface area contributed by atoms with E-state index in [4.69, 9.17) is 0 Å². The number of hydrogen-bond acceptors (Lipinski definition) is 6. The Morgan fingerprint density at radius 1 is 0.812 bits per heavy atom. The third kappa shape index (κ3) is 7.52. The maximum atomic E-state index is 11.1. The van der Waals surface area contributed by atoms with Crippen molar-refractivity contribution in [2.45, 2.75) is 0 Å². The summed E-state index contributed by atoms with van der Waals surface area (Å²) in [4.78, 5) is 0. The fourth-order valence-corrected chi connectivity index (χ4v) is 1.43. The highest BCUT2D eigenvalue weighted by Crippen LogP contribution is 2.47. The molecule has 16 heavy (non-hydrogen) atoms. The molecule has 0 aliphatic rings. The van der Waals surface area contributed by atoms with Gasteiger partial charge in [0.15, 0.2) is 0 Å². The van der Waals surface area contributed by atoms with E-state index in [-0.39, 0.29) is 0 Å². The summed E-state index contributed by atoms with van der Waals surface area (Å²) >= 11 is 0. The average Bonchev–Trinajstić information content (AvgIpc) is 2.28. The molecule has 7 nitrogen and oxygen atoms in total. The van der Waals surface area contributed by atoms with Crippen molar-refractivity contribution >= 4 is 15.3 Å². The molecule has 100 valence electrons. The summed E-state index contributed by atoms with van der Waals surface area (Å²) in [6.45, 7) is 1.41. The highest BCUT2D eigenvalue weighted by atomic mass is 31.2. The van der Waals surface area contributed by atoms with Gasteiger partial charge in [0.2, 0.25) is 0 Å². The van der Waals surface area contributed by atoms with Gasteiger partial charge in [-0.05, 0) is 14.1 Å². The van der Waals surface area contributed by atoms with E-state index >= 15 is 0 Å². The second kappa shape index (κ2) is 8.37. The van der Waals surface area contributed by atoms with Gasteiger partial charge in [-0.1, -0.05) is 0 Å². The molecule has 0 saturated carbocycles. The molecule has 0 aromatic rings. The second-order valence-corrected chi connectivity index (χ2v) is 7.56. The quantitative estimate of drug-likeness (QED) is 0.712. The van der Waals surface area contributed by atoms with Crippen molar-refractivity contribution in [1.82, 2.24) is 4.67 Å². The van der Waals surface area contributed by atoms with Gasteiger partial charge in [0, 0.05) is 35.1 Å². The molecule has 0 rings (SSSR count). The van der Waals surface area contributed by atoms with Gasteiger partial charge in [-0.2, -0.15) is 0 Å². The van der Waals surface area contributed by atoms with Crippen LogP contribution in [0.1, 0.15) is 0 Å². The van der Waals surface area contributed by atoms with Crippen LogP contribution in [0.15, 0.2) is 0 Å². The summed E-state index contributed by atoms with van der Waals surface area (Å²) in [6, 6.07) is 0. The van der Waals surface area contributed by atoms with E-state index in [1.807, 2.05) is 0 Å². The zero-order chi connectivity index (χ0) is 13.4. The van der Waals surface area contributed by atoms with E-state index in [1.54, 1.807) is 14.1 Å². The zero-order valence-electron chi connectivity index (χ0n) is 10.8. The Bertz CT molecular complexity index is 254. The van der Waals surface area contributed by atoms with Gasteiger partial charge in [0.05, 0.1) is 0 Å². The zero-order valence-corrected chi connectivity index (χ0v) is 12.6. The fraction of sp³-hybridized carbons (Fsp3) is 1.00. The van der Waals surface area contributed by atoms with Crippen LogP contribution in [0.25, 0.3) is 0 Å². The lowest BCUT2D eigenvalue weighted by molar-refractivity contribution is 0.232. The summed E-state index contributed by atoms with van der Waals surface area (Å²) in [6.07, 6.45) is 0. The van der Waals surface area contributed by atoms with E-state index in [2.05, 4.69) is 18.1 Å². The number of nitrogens with zero attached hydrogens (tertiary/aromatic N) is 1. The number of hydrogen-bond donors (Lipinski definition) is 0. The van der Waals surface area contributed by atoms with Crippen LogP contribution >= 0.6 is 15.3 Å². The molecule has 0 N–H and O–H groups in total. The van der Waals surface area contributed by atoms with Crippen LogP contribution < -0.4 is 0 Å². The minimum atomic E-state index is -2.92. The molecule has 0 amide bonds. The first kappa shape index (κ1) is 18.6. The van der Waals surface area contributed by atoms with Crippen molar-refractivity contribution in [3.63, 3.8) is 0 Å². The molecule has 0 radical (unpaired) electrons. The normalized spacial score (nSPS) is 12.2. The van der Waals surface area contributed by atoms with Crippen LogP contribution in [0.5, 0.6) is 0 Å². The van der Waals surface area contributed by atoms with Crippen molar-refractivity contribution in [3.8, 4) is 0 Å². The number of rotatable bonds is 5. The maximum absolute atomic E-state index is 11.1. The van der Waals surface area contributed by atoms with Gasteiger partial charge in [-0.25, -0.2) is 9.24 Å². The van der Waals surface area contributed by atoms with Crippen molar-refractivity contribution in [1.29, 1.82) is 0 Å².